The maximum atomic E-state index is 11.2. The van der Waals surface area contributed by atoms with Gasteiger partial charge in [0, 0.05) is 6.04 Å². The summed E-state index contributed by atoms with van der Waals surface area (Å²) in [5.74, 6) is 0.0783. The molecule has 0 rings (SSSR count). The topological polar surface area (TPSA) is 58.4 Å². The average Bonchev–Trinajstić information content (AvgIpc) is 1.98. The molecule has 0 bridgehead atoms. The van der Waals surface area contributed by atoms with Crippen LogP contribution in [-0.4, -0.2) is 43.5 Å². The molecule has 0 aliphatic heterocycles. The van der Waals surface area contributed by atoms with E-state index >= 15 is 0 Å². The molecule has 1 amide bonds. The second-order valence-corrected chi connectivity index (χ2v) is 3.60. The van der Waals surface area contributed by atoms with E-state index in [2.05, 4.69) is 5.32 Å². The van der Waals surface area contributed by atoms with Crippen molar-refractivity contribution < 1.29 is 4.79 Å². The van der Waals surface area contributed by atoms with Gasteiger partial charge in [-0.3, -0.25) is 9.69 Å². The molecule has 0 aromatic rings. The van der Waals surface area contributed by atoms with Gasteiger partial charge in [0.2, 0.25) is 5.91 Å². The fraction of sp³-hybridized carbons (Fsp3) is 0.889. The summed E-state index contributed by atoms with van der Waals surface area (Å²) in [4.78, 5) is 13.2. The monoisotopic (exact) mass is 187 g/mol. The first-order chi connectivity index (χ1) is 6.06. The lowest BCUT2D eigenvalue weighted by molar-refractivity contribution is -0.122. The Bertz CT molecular complexity index is 148. The van der Waals surface area contributed by atoms with Gasteiger partial charge in [0.25, 0.3) is 0 Å². The van der Waals surface area contributed by atoms with Crippen LogP contribution in [0.3, 0.4) is 0 Å². The molecule has 0 aliphatic rings. The minimum Gasteiger partial charge on any atom is -0.353 e. The predicted molar refractivity (Wildman–Crippen MR) is 54.4 cm³/mol. The highest BCUT2D eigenvalue weighted by atomic mass is 16.2. The van der Waals surface area contributed by atoms with Crippen LogP contribution in [0.1, 0.15) is 20.3 Å². The summed E-state index contributed by atoms with van der Waals surface area (Å²) in [6, 6.07) is 0.218. The van der Waals surface area contributed by atoms with Gasteiger partial charge >= 0.3 is 0 Å². The molecule has 13 heavy (non-hydrogen) atoms. The first kappa shape index (κ1) is 12.4. The summed E-state index contributed by atoms with van der Waals surface area (Å²) in [6.45, 7) is 5.92. The summed E-state index contributed by atoms with van der Waals surface area (Å²) in [6.07, 6.45) is 0.936. The maximum absolute atomic E-state index is 11.2. The molecule has 0 atom stereocenters. The van der Waals surface area contributed by atoms with E-state index in [1.54, 1.807) is 0 Å². The van der Waals surface area contributed by atoms with Gasteiger partial charge in [0.05, 0.1) is 6.54 Å². The van der Waals surface area contributed by atoms with Crippen molar-refractivity contribution in [3.63, 3.8) is 0 Å². The van der Waals surface area contributed by atoms with E-state index in [-0.39, 0.29) is 11.9 Å². The van der Waals surface area contributed by atoms with Crippen molar-refractivity contribution in [2.75, 3.05) is 26.7 Å². The highest BCUT2D eigenvalue weighted by molar-refractivity contribution is 5.78. The number of likely N-dealkylation sites (N-methyl/N-ethyl adjacent to an activating group) is 1. The molecule has 0 aromatic heterocycles. The van der Waals surface area contributed by atoms with Crippen molar-refractivity contribution in [2.24, 2.45) is 5.73 Å². The van der Waals surface area contributed by atoms with Crippen molar-refractivity contribution in [1.29, 1.82) is 0 Å². The zero-order valence-electron chi connectivity index (χ0n) is 8.84. The van der Waals surface area contributed by atoms with Crippen LogP contribution in [0.5, 0.6) is 0 Å². The largest absolute Gasteiger partial charge is 0.353 e. The van der Waals surface area contributed by atoms with Crippen LogP contribution >= 0.6 is 0 Å². The molecule has 4 nitrogen and oxygen atoms in total. The summed E-state index contributed by atoms with van der Waals surface area (Å²) in [5, 5.41) is 2.84. The van der Waals surface area contributed by atoms with Gasteiger partial charge in [0.1, 0.15) is 0 Å². The first-order valence-corrected chi connectivity index (χ1v) is 4.74. The van der Waals surface area contributed by atoms with Gasteiger partial charge in [-0.05, 0) is 40.4 Å². The SMILES string of the molecule is CC(C)NC(=O)CN(C)CCCN. The second-order valence-electron chi connectivity index (χ2n) is 3.60. The standard InChI is InChI=1S/C9H21N3O/c1-8(2)11-9(13)7-12(3)6-4-5-10/h8H,4-7,10H2,1-3H3,(H,11,13). The van der Waals surface area contributed by atoms with Crippen LogP contribution < -0.4 is 11.1 Å². The van der Waals surface area contributed by atoms with Crippen molar-refractivity contribution in [3.8, 4) is 0 Å². The highest BCUT2D eigenvalue weighted by Gasteiger charge is 2.06. The highest BCUT2D eigenvalue weighted by Crippen LogP contribution is 1.86. The molecule has 0 saturated heterocycles. The molecular weight excluding hydrogens is 166 g/mol. The lowest BCUT2D eigenvalue weighted by atomic mass is 10.3. The summed E-state index contributed by atoms with van der Waals surface area (Å²) in [5.41, 5.74) is 5.36. The van der Waals surface area contributed by atoms with Gasteiger partial charge in [-0.1, -0.05) is 0 Å². The van der Waals surface area contributed by atoms with Crippen LogP contribution in [-0.2, 0) is 4.79 Å². The van der Waals surface area contributed by atoms with Crippen molar-refractivity contribution in [1.82, 2.24) is 10.2 Å². The normalized spacial score (nSPS) is 10.9. The van der Waals surface area contributed by atoms with Crippen molar-refractivity contribution >= 4 is 5.91 Å². The Labute approximate surface area is 80.5 Å². The number of hydrogen-bond acceptors (Lipinski definition) is 3. The molecule has 0 heterocycles. The summed E-state index contributed by atoms with van der Waals surface area (Å²) < 4.78 is 0. The number of nitrogens with one attached hydrogen (secondary N) is 1. The van der Waals surface area contributed by atoms with E-state index in [0.717, 1.165) is 13.0 Å². The maximum Gasteiger partial charge on any atom is 0.234 e. The number of nitrogens with zero attached hydrogens (tertiary/aromatic N) is 1. The number of carbonyl (C=O) groups excluding carboxylic acids is 1. The van der Waals surface area contributed by atoms with Crippen LogP contribution in [0.25, 0.3) is 0 Å². The molecule has 0 saturated carbocycles. The molecule has 0 aliphatic carbocycles. The lowest BCUT2D eigenvalue weighted by Crippen LogP contribution is -2.39. The molecule has 78 valence electrons. The fourth-order valence-corrected chi connectivity index (χ4v) is 1.05. The number of nitrogens with two attached hydrogens (primary N) is 1. The minimum atomic E-state index is 0.0783. The Kier molecular flexibility index (Phi) is 6.54. The van der Waals surface area contributed by atoms with E-state index in [9.17, 15) is 4.79 Å². The Morgan fingerprint density at radius 3 is 2.62 bits per heavy atom. The Hall–Kier alpha value is -0.610. The number of rotatable bonds is 6. The van der Waals surface area contributed by atoms with Crippen LogP contribution in [0.2, 0.25) is 0 Å². The summed E-state index contributed by atoms with van der Waals surface area (Å²) in [7, 11) is 1.93. The number of hydrogen-bond donors (Lipinski definition) is 2. The third kappa shape index (κ3) is 7.74. The van der Waals surface area contributed by atoms with Crippen molar-refractivity contribution in [3.05, 3.63) is 0 Å². The molecule has 0 fully saturated rings. The quantitative estimate of drug-likeness (QED) is 0.605. The van der Waals surface area contributed by atoms with Crippen LogP contribution in [0.15, 0.2) is 0 Å². The number of amides is 1. The lowest BCUT2D eigenvalue weighted by Gasteiger charge is -2.16. The Morgan fingerprint density at radius 2 is 2.15 bits per heavy atom. The minimum absolute atomic E-state index is 0.0783. The van der Waals surface area contributed by atoms with E-state index in [1.807, 2.05) is 25.8 Å². The smallest absolute Gasteiger partial charge is 0.234 e. The van der Waals surface area contributed by atoms with Gasteiger partial charge in [-0.2, -0.15) is 0 Å². The van der Waals surface area contributed by atoms with E-state index in [1.165, 1.54) is 0 Å². The fourth-order valence-electron chi connectivity index (χ4n) is 1.05. The molecule has 0 radical (unpaired) electrons. The Morgan fingerprint density at radius 1 is 1.54 bits per heavy atom. The van der Waals surface area contributed by atoms with E-state index < -0.39 is 0 Å². The second kappa shape index (κ2) is 6.86. The van der Waals surface area contributed by atoms with Gasteiger partial charge in [-0.25, -0.2) is 0 Å². The first-order valence-electron chi connectivity index (χ1n) is 4.74. The third-order valence-electron chi connectivity index (χ3n) is 1.61. The number of carbonyl (C=O) groups is 1. The predicted octanol–water partition coefficient (Wildman–Crippen LogP) is -0.208. The van der Waals surface area contributed by atoms with Gasteiger partial charge < -0.3 is 11.1 Å². The van der Waals surface area contributed by atoms with Crippen molar-refractivity contribution in [2.45, 2.75) is 26.3 Å². The average molecular weight is 187 g/mol. The molecule has 3 N–H and O–H groups in total. The van der Waals surface area contributed by atoms with Gasteiger partial charge in [0.15, 0.2) is 0 Å². The molecular formula is C9H21N3O. The molecule has 0 unspecified atom stereocenters. The zero-order chi connectivity index (χ0) is 10.3. The molecule has 4 heteroatoms. The summed E-state index contributed by atoms with van der Waals surface area (Å²) >= 11 is 0. The van der Waals surface area contributed by atoms with Gasteiger partial charge in [-0.15, -0.1) is 0 Å². The molecule has 0 aromatic carbocycles. The van der Waals surface area contributed by atoms with Crippen LogP contribution in [0, 0.1) is 0 Å². The third-order valence-corrected chi connectivity index (χ3v) is 1.61. The molecule has 0 spiro atoms. The Balaban J connectivity index is 3.53. The van der Waals surface area contributed by atoms with E-state index in [4.69, 9.17) is 5.73 Å². The zero-order valence-corrected chi connectivity index (χ0v) is 8.84. The van der Waals surface area contributed by atoms with E-state index in [0.29, 0.717) is 13.1 Å². The van der Waals surface area contributed by atoms with Crippen LogP contribution in [0.4, 0.5) is 0 Å².